The minimum absolute atomic E-state index is 0.151. The molecule has 2 heterocycles. The smallest absolute Gasteiger partial charge is 0.264 e. The first-order chi connectivity index (χ1) is 20.5. The van der Waals surface area contributed by atoms with E-state index in [1.807, 2.05) is 57.2 Å². The zero-order chi connectivity index (χ0) is 30.8. The zero-order valence-corrected chi connectivity index (χ0v) is 26.2. The average Bonchev–Trinajstić information content (AvgIpc) is 3.82. The van der Waals surface area contributed by atoms with Gasteiger partial charge in [-0.25, -0.2) is 32.7 Å². The SMILES string of the molecule is CCCCc1nc(C2CC2)n(-c2ncc(OC)cn2)c(=O)c1Cc1ccc(-c2ccccc2S(=O)(=O)NC(C)(C)C)cc1. The number of sulfonamides is 1. The number of methoxy groups -OCH3 is 1. The summed E-state index contributed by atoms with van der Waals surface area (Å²) in [5.41, 5.74) is 3.00. The van der Waals surface area contributed by atoms with Crippen LogP contribution in [0.25, 0.3) is 17.1 Å². The van der Waals surface area contributed by atoms with Gasteiger partial charge in [-0.05, 0) is 63.6 Å². The highest BCUT2D eigenvalue weighted by Gasteiger charge is 2.32. The quantitative estimate of drug-likeness (QED) is 0.238. The number of nitrogens with one attached hydrogen (secondary N) is 1. The summed E-state index contributed by atoms with van der Waals surface area (Å²) in [5.74, 6) is 1.75. The second-order valence-corrected chi connectivity index (χ2v) is 13.7. The van der Waals surface area contributed by atoms with Crippen LogP contribution in [0.3, 0.4) is 0 Å². The van der Waals surface area contributed by atoms with Gasteiger partial charge < -0.3 is 4.74 Å². The minimum atomic E-state index is -3.74. The number of aromatic nitrogens is 4. The molecule has 0 unspecified atom stereocenters. The summed E-state index contributed by atoms with van der Waals surface area (Å²) in [7, 11) is -2.19. The fourth-order valence-electron chi connectivity index (χ4n) is 5.09. The predicted molar refractivity (Wildman–Crippen MR) is 167 cm³/mol. The van der Waals surface area contributed by atoms with Gasteiger partial charge in [0.15, 0.2) is 5.75 Å². The summed E-state index contributed by atoms with van der Waals surface area (Å²) >= 11 is 0. The molecule has 1 aliphatic rings. The Bertz CT molecular complexity index is 1760. The van der Waals surface area contributed by atoms with Crippen LogP contribution in [0.4, 0.5) is 0 Å². The van der Waals surface area contributed by atoms with E-state index < -0.39 is 15.6 Å². The average molecular weight is 602 g/mol. The van der Waals surface area contributed by atoms with Gasteiger partial charge in [-0.15, -0.1) is 0 Å². The lowest BCUT2D eigenvalue weighted by atomic mass is 9.98. The lowest BCUT2D eigenvalue weighted by Gasteiger charge is -2.21. The van der Waals surface area contributed by atoms with E-state index in [1.54, 1.807) is 36.2 Å². The molecule has 9 nitrogen and oxygen atoms in total. The second kappa shape index (κ2) is 12.4. The Morgan fingerprint density at radius 2 is 1.70 bits per heavy atom. The van der Waals surface area contributed by atoms with Gasteiger partial charge in [0.05, 0.1) is 30.1 Å². The molecule has 4 aromatic rings. The fourth-order valence-corrected chi connectivity index (χ4v) is 6.74. The van der Waals surface area contributed by atoms with E-state index in [-0.39, 0.29) is 16.4 Å². The number of benzene rings is 2. The lowest BCUT2D eigenvalue weighted by molar-refractivity contribution is 0.410. The molecule has 1 N–H and O–H groups in total. The van der Waals surface area contributed by atoms with E-state index in [9.17, 15) is 13.2 Å². The maximum atomic E-state index is 14.2. The van der Waals surface area contributed by atoms with Gasteiger partial charge in [-0.1, -0.05) is 55.8 Å². The van der Waals surface area contributed by atoms with Crippen molar-refractivity contribution >= 4 is 10.0 Å². The molecule has 0 radical (unpaired) electrons. The molecule has 0 bridgehead atoms. The lowest BCUT2D eigenvalue weighted by Crippen LogP contribution is -2.40. The molecule has 2 aromatic carbocycles. The molecule has 0 amide bonds. The van der Waals surface area contributed by atoms with Crippen molar-refractivity contribution in [3.63, 3.8) is 0 Å². The molecule has 1 aliphatic carbocycles. The van der Waals surface area contributed by atoms with Crippen molar-refractivity contribution in [3.8, 4) is 22.8 Å². The summed E-state index contributed by atoms with van der Waals surface area (Å²) in [6.45, 7) is 7.58. The number of nitrogens with zero attached hydrogens (tertiary/aromatic N) is 4. The Morgan fingerprint density at radius 3 is 2.30 bits per heavy atom. The van der Waals surface area contributed by atoms with Crippen molar-refractivity contribution in [1.29, 1.82) is 0 Å². The summed E-state index contributed by atoms with van der Waals surface area (Å²) < 4.78 is 35.9. The number of ether oxygens (including phenoxy) is 1. The standard InChI is InChI=1S/C33H39N5O4S/c1-6-7-11-28-27(31(39)38(30(36-28)24-17-18-24)32-34-20-25(42-5)21-35-32)19-22-13-15-23(16-14-22)26-10-8-9-12-29(26)43(40,41)37-33(2,3)4/h8-10,12-16,20-21,24,37H,6-7,11,17-19H2,1-5H3. The number of rotatable bonds is 11. The van der Waals surface area contributed by atoms with E-state index in [2.05, 4.69) is 21.6 Å². The molecule has 1 saturated carbocycles. The van der Waals surface area contributed by atoms with Crippen molar-refractivity contribution < 1.29 is 13.2 Å². The Labute approximate surface area is 253 Å². The molecule has 43 heavy (non-hydrogen) atoms. The van der Waals surface area contributed by atoms with Gasteiger partial charge in [0, 0.05) is 29.0 Å². The highest BCUT2D eigenvalue weighted by atomic mass is 32.2. The zero-order valence-electron chi connectivity index (χ0n) is 25.4. The maximum Gasteiger partial charge on any atom is 0.264 e. The number of unbranched alkanes of at least 4 members (excludes halogenated alkanes) is 1. The third-order valence-electron chi connectivity index (χ3n) is 7.31. The molecular weight excluding hydrogens is 562 g/mol. The monoisotopic (exact) mass is 601 g/mol. The number of hydrogen-bond acceptors (Lipinski definition) is 7. The van der Waals surface area contributed by atoms with Crippen LogP contribution in [0.15, 0.2) is 70.6 Å². The third kappa shape index (κ3) is 7.02. The van der Waals surface area contributed by atoms with Crippen LogP contribution in [-0.4, -0.2) is 40.6 Å². The van der Waals surface area contributed by atoms with Crippen LogP contribution < -0.4 is 15.0 Å². The van der Waals surface area contributed by atoms with E-state index in [0.717, 1.165) is 54.7 Å². The van der Waals surface area contributed by atoms with Crippen molar-refractivity contribution in [2.75, 3.05) is 7.11 Å². The van der Waals surface area contributed by atoms with Crippen LogP contribution in [-0.2, 0) is 22.9 Å². The molecule has 10 heteroatoms. The number of aryl methyl sites for hydroxylation is 1. The largest absolute Gasteiger partial charge is 0.494 e. The summed E-state index contributed by atoms with van der Waals surface area (Å²) in [6, 6.07) is 14.7. The van der Waals surface area contributed by atoms with Gasteiger partial charge in [0.2, 0.25) is 16.0 Å². The molecule has 2 aromatic heterocycles. The van der Waals surface area contributed by atoms with Gasteiger partial charge >= 0.3 is 0 Å². The van der Waals surface area contributed by atoms with Gasteiger partial charge in [-0.3, -0.25) is 4.79 Å². The van der Waals surface area contributed by atoms with Crippen molar-refractivity contribution in [3.05, 3.63) is 93.9 Å². The first-order valence-electron chi connectivity index (χ1n) is 14.7. The summed E-state index contributed by atoms with van der Waals surface area (Å²) in [6.07, 6.45) is 8.12. The molecule has 5 rings (SSSR count). The highest BCUT2D eigenvalue weighted by molar-refractivity contribution is 7.89. The Kier molecular flexibility index (Phi) is 8.80. The summed E-state index contributed by atoms with van der Waals surface area (Å²) in [5, 5.41) is 0. The van der Waals surface area contributed by atoms with Crippen LogP contribution in [0, 0.1) is 0 Å². The molecule has 0 atom stereocenters. The van der Waals surface area contributed by atoms with Crippen LogP contribution in [0.5, 0.6) is 5.75 Å². The maximum absolute atomic E-state index is 14.2. The second-order valence-electron chi connectivity index (χ2n) is 12.1. The molecule has 0 spiro atoms. The molecule has 0 aliphatic heterocycles. The Hall–Kier alpha value is -3.89. The van der Waals surface area contributed by atoms with E-state index in [4.69, 9.17) is 9.72 Å². The van der Waals surface area contributed by atoms with Crippen molar-refractivity contribution in [2.45, 2.75) is 82.6 Å². The summed E-state index contributed by atoms with van der Waals surface area (Å²) in [4.78, 5) is 28.3. The molecule has 226 valence electrons. The van der Waals surface area contributed by atoms with Crippen molar-refractivity contribution in [2.24, 2.45) is 0 Å². The van der Waals surface area contributed by atoms with E-state index in [1.165, 1.54) is 0 Å². The first-order valence-corrected chi connectivity index (χ1v) is 16.2. The number of hydrogen-bond donors (Lipinski definition) is 1. The Morgan fingerprint density at radius 1 is 1.02 bits per heavy atom. The first kappa shape index (κ1) is 30.6. The van der Waals surface area contributed by atoms with Crippen LogP contribution >= 0.6 is 0 Å². The van der Waals surface area contributed by atoms with Gasteiger partial charge in [0.1, 0.15) is 5.82 Å². The van der Waals surface area contributed by atoms with Crippen molar-refractivity contribution in [1.82, 2.24) is 24.2 Å². The molecular formula is C33H39N5O4S. The minimum Gasteiger partial charge on any atom is -0.494 e. The van der Waals surface area contributed by atoms with E-state index in [0.29, 0.717) is 29.2 Å². The van der Waals surface area contributed by atoms with Crippen LogP contribution in [0.1, 0.15) is 81.9 Å². The third-order valence-corrected chi connectivity index (χ3v) is 9.13. The molecule has 1 fully saturated rings. The topological polar surface area (TPSA) is 116 Å². The fraction of sp³-hybridized carbons (Fsp3) is 0.394. The Balaban J connectivity index is 1.53. The molecule has 0 saturated heterocycles. The van der Waals surface area contributed by atoms with Gasteiger partial charge in [-0.2, -0.15) is 0 Å². The predicted octanol–water partition coefficient (Wildman–Crippen LogP) is 5.59. The van der Waals surface area contributed by atoms with E-state index >= 15 is 0 Å². The van der Waals surface area contributed by atoms with Gasteiger partial charge in [0.25, 0.3) is 5.56 Å². The van der Waals surface area contributed by atoms with Crippen LogP contribution in [0.2, 0.25) is 0 Å². The highest BCUT2D eigenvalue weighted by Crippen LogP contribution is 2.39. The normalized spacial score (nSPS) is 13.7.